The molecule has 1 heterocycles. The molecule has 168 valence electrons. The molecule has 4 atom stereocenters. The lowest BCUT2D eigenvalue weighted by atomic mass is 9.85. The molecule has 1 saturated carbocycles. The Hall–Kier alpha value is -3.99. The highest BCUT2D eigenvalue weighted by Gasteiger charge is 2.59. The number of hydrogen-bond acceptors (Lipinski definition) is 4. The van der Waals surface area contributed by atoms with Gasteiger partial charge in [-0.1, -0.05) is 60.7 Å². The number of benzene rings is 3. The molecule has 4 unspecified atom stereocenters. The van der Waals surface area contributed by atoms with E-state index in [-0.39, 0.29) is 35.5 Å². The molecule has 6 rings (SSSR count). The molecule has 34 heavy (non-hydrogen) atoms. The van der Waals surface area contributed by atoms with Crippen LogP contribution in [0.2, 0.25) is 0 Å². The van der Waals surface area contributed by atoms with Crippen LogP contribution >= 0.6 is 0 Å². The van der Waals surface area contributed by atoms with E-state index in [9.17, 15) is 14.4 Å². The first-order valence-corrected chi connectivity index (χ1v) is 11.6. The molecule has 5 nitrogen and oxygen atoms in total. The first-order valence-electron chi connectivity index (χ1n) is 11.6. The fourth-order valence-electron chi connectivity index (χ4n) is 5.60. The summed E-state index contributed by atoms with van der Waals surface area (Å²) in [6.07, 6.45) is 5.82. The second kappa shape index (κ2) is 8.10. The van der Waals surface area contributed by atoms with Crippen LogP contribution in [0.4, 0.5) is 5.69 Å². The Morgan fingerprint density at radius 1 is 0.794 bits per heavy atom. The molecular weight excluding hydrogens is 426 g/mol. The van der Waals surface area contributed by atoms with Crippen molar-refractivity contribution < 1.29 is 19.1 Å². The third kappa shape index (κ3) is 3.45. The minimum absolute atomic E-state index is 0.148. The smallest absolute Gasteiger partial charge is 0.343 e. The monoisotopic (exact) mass is 449 g/mol. The molecule has 2 bridgehead atoms. The quantitative estimate of drug-likeness (QED) is 0.243. The number of carbonyl (C=O) groups excluding carboxylic acids is 3. The van der Waals surface area contributed by atoms with Gasteiger partial charge < -0.3 is 4.74 Å². The first kappa shape index (κ1) is 20.6. The van der Waals surface area contributed by atoms with Crippen molar-refractivity contribution in [2.45, 2.75) is 12.8 Å². The minimum Gasteiger partial charge on any atom is -0.423 e. The SMILES string of the molecule is O=C(Oc1ccc(Cc2ccccc2)cc1)c1cccc(N2C(=O)C3C4C=CC(C4)C3C2=O)c1. The van der Waals surface area contributed by atoms with Crippen LogP contribution in [0.15, 0.2) is 91.0 Å². The zero-order valence-electron chi connectivity index (χ0n) is 18.5. The Morgan fingerprint density at radius 2 is 1.44 bits per heavy atom. The highest BCUT2D eigenvalue weighted by Crippen LogP contribution is 2.53. The number of amides is 2. The fourth-order valence-corrected chi connectivity index (χ4v) is 5.60. The van der Waals surface area contributed by atoms with Gasteiger partial charge in [-0.05, 0) is 66.1 Å². The van der Waals surface area contributed by atoms with E-state index in [1.54, 1.807) is 36.4 Å². The highest BCUT2D eigenvalue weighted by atomic mass is 16.5. The molecule has 1 saturated heterocycles. The van der Waals surface area contributed by atoms with Gasteiger partial charge in [0.05, 0.1) is 23.1 Å². The Labute approximate surface area is 197 Å². The van der Waals surface area contributed by atoms with Gasteiger partial charge >= 0.3 is 5.97 Å². The van der Waals surface area contributed by atoms with Crippen LogP contribution in [0.5, 0.6) is 5.75 Å². The second-order valence-electron chi connectivity index (χ2n) is 9.26. The number of hydrogen-bond donors (Lipinski definition) is 0. The molecule has 0 aromatic heterocycles. The largest absolute Gasteiger partial charge is 0.423 e. The van der Waals surface area contributed by atoms with Crippen LogP contribution in [-0.2, 0) is 16.0 Å². The Bertz CT molecular complexity index is 1280. The normalized spacial score (nSPS) is 24.5. The van der Waals surface area contributed by atoms with Crippen LogP contribution in [0.25, 0.3) is 0 Å². The number of allylic oxidation sites excluding steroid dienone is 2. The van der Waals surface area contributed by atoms with Gasteiger partial charge in [0, 0.05) is 0 Å². The Kier molecular flexibility index (Phi) is 4.91. The van der Waals surface area contributed by atoms with Gasteiger partial charge in [-0.2, -0.15) is 0 Å². The molecule has 3 aliphatic rings. The van der Waals surface area contributed by atoms with Gasteiger partial charge in [0.25, 0.3) is 0 Å². The third-order valence-corrected chi connectivity index (χ3v) is 7.20. The zero-order valence-corrected chi connectivity index (χ0v) is 18.5. The minimum atomic E-state index is -0.529. The number of anilines is 1. The summed E-state index contributed by atoms with van der Waals surface area (Å²) in [4.78, 5) is 40.2. The van der Waals surface area contributed by atoms with E-state index in [1.165, 1.54) is 10.5 Å². The summed E-state index contributed by atoms with van der Waals surface area (Å²) in [5.74, 6) is -0.655. The summed E-state index contributed by atoms with van der Waals surface area (Å²) >= 11 is 0. The van der Waals surface area contributed by atoms with Crippen LogP contribution in [0.1, 0.15) is 27.9 Å². The maximum absolute atomic E-state index is 13.1. The number of nitrogens with zero attached hydrogens (tertiary/aromatic N) is 1. The van der Waals surface area contributed by atoms with E-state index < -0.39 is 5.97 Å². The molecule has 2 amide bonds. The van der Waals surface area contributed by atoms with Crippen LogP contribution < -0.4 is 9.64 Å². The van der Waals surface area contributed by atoms with Crippen molar-refractivity contribution in [3.63, 3.8) is 0 Å². The van der Waals surface area contributed by atoms with Crippen LogP contribution in [-0.4, -0.2) is 17.8 Å². The molecule has 0 radical (unpaired) electrons. The molecule has 5 heteroatoms. The molecular formula is C29H23NO4. The molecule has 3 aromatic carbocycles. The summed E-state index contributed by atoms with van der Waals surface area (Å²) in [7, 11) is 0. The number of rotatable bonds is 5. The predicted molar refractivity (Wildman–Crippen MR) is 127 cm³/mol. The van der Waals surface area contributed by atoms with E-state index in [1.807, 2.05) is 30.3 Å². The third-order valence-electron chi connectivity index (χ3n) is 7.20. The lowest BCUT2D eigenvalue weighted by Crippen LogP contribution is -2.33. The van der Waals surface area contributed by atoms with Crippen molar-refractivity contribution in [3.8, 4) is 5.75 Å². The van der Waals surface area contributed by atoms with Crippen molar-refractivity contribution in [2.75, 3.05) is 4.90 Å². The Morgan fingerprint density at radius 3 is 2.12 bits per heavy atom. The van der Waals surface area contributed by atoms with Crippen molar-refractivity contribution in [2.24, 2.45) is 23.7 Å². The first-order chi connectivity index (χ1) is 16.6. The molecule has 0 N–H and O–H groups in total. The summed E-state index contributed by atoms with van der Waals surface area (Å²) in [6, 6.07) is 24.2. The number of ether oxygens (including phenoxy) is 1. The van der Waals surface area contributed by atoms with Gasteiger partial charge in [-0.15, -0.1) is 0 Å². The molecule has 0 spiro atoms. The number of esters is 1. The maximum atomic E-state index is 13.1. The predicted octanol–water partition coefficient (Wildman–Crippen LogP) is 4.81. The van der Waals surface area contributed by atoms with Crippen molar-refractivity contribution in [1.82, 2.24) is 0 Å². The van der Waals surface area contributed by atoms with E-state index in [2.05, 4.69) is 24.3 Å². The van der Waals surface area contributed by atoms with E-state index >= 15 is 0 Å². The second-order valence-corrected chi connectivity index (χ2v) is 9.26. The highest BCUT2D eigenvalue weighted by molar-refractivity contribution is 6.23. The van der Waals surface area contributed by atoms with E-state index in [0.717, 1.165) is 18.4 Å². The number of imide groups is 1. The summed E-state index contributed by atoms with van der Waals surface area (Å²) in [5, 5.41) is 0. The van der Waals surface area contributed by atoms with Gasteiger partial charge in [0.2, 0.25) is 11.8 Å². The van der Waals surface area contributed by atoms with Crippen molar-refractivity contribution >= 4 is 23.5 Å². The van der Waals surface area contributed by atoms with Gasteiger partial charge in [-0.25, -0.2) is 9.69 Å². The fraction of sp³-hybridized carbons (Fsp3) is 0.207. The average molecular weight is 450 g/mol. The van der Waals surface area contributed by atoms with Crippen LogP contribution in [0, 0.1) is 23.7 Å². The van der Waals surface area contributed by atoms with Crippen molar-refractivity contribution in [1.29, 1.82) is 0 Å². The van der Waals surface area contributed by atoms with Gasteiger partial charge in [0.1, 0.15) is 5.75 Å². The molecule has 2 aliphatic carbocycles. The van der Waals surface area contributed by atoms with Crippen molar-refractivity contribution in [3.05, 3.63) is 108 Å². The van der Waals surface area contributed by atoms with E-state index in [0.29, 0.717) is 17.0 Å². The molecule has 1 aliphatic heterocycles. The summed E-state index contributed by atoms with van der Waals surface area (Å²) < 4.78 is 5.56. The standard InChI is InChI=1S/C29H23NO4/c31-27-25-20-11-12-21(16-20)26(25)28(32)30(27)23-8-4-7-22(17-23)29(33)34-24-13-9-19(10-14-24)15-18-5-2-1-3-6-18/h1-14,17,20-21,25-26H,15-16H2. The maximum Gasteiger partial charge on any atom is 0.343 e. The average Bonchev–Trinajstić information content (AvgIpc) is 3.55. The lowest BCUT2D eigenvalue weighted by molar-refractivity contribution is -0.123. The summed E-state index contributed by atoms with van der Waals surface area (Å²) in [6.45, 7) is 0. The van der Waals surface area contributed by atoms with Gasteiger partial charge in [0.15, 0.2) is 0 Å². The van der Waals surface area contributed by atoms with Crippen LogP contribution in [0.3, 0.4) is 0 Å². The topological polar surface area (TPSA) is 63.7 Å². The molecule has 2 fully saturated rings. The number of fused-ring (bicyclic) bond motifs is 5. The number of carbonyl (C=O) groups is 3. The Balaban J connectivity index is 1.16. The van der Waals surface area contributed by atoms with Gasteiger partial charge in [-0.3, -0.25) is 9.59 Å². The lowest BCUT2D eigenvalue weighted by Gasteiger charge is -2.18. The zero-order chi connectivity index (χ0) is 23.2. The summed E-state index contributed by atoms with van der Waals surface area (Å²) in [5.41, 5.74) is 3.05. The van der Waals surface area contributed by atoms with E-state index in [4.69, 9.17) is 4.74 Å². The molecule has 3 aromatic rings.